The summed E-state index contributed by atoms with van der Waals surface area (Å²) in [4.78, 5) is 14.5. The Labute approximate surface area is 140 Å². The van der Waals surface area contributed by atoms with E-state index in [1.165, 1.54) is 25.9 Å². The number of amides is 2. The number of benzene rings is 1. The Balaban J connectivity index is 1.60. The third-order valence-corrected chi connectivity index (χ3v) is 4.57. The van der Waals surface area contributed by atoms with Gasteiger partial charge in [-0.1, -0.05) is 19.1 Å². The van der Waals surface area contributed by atoms with Crippen LogP contribution in [0.4, 0.5) is 10.5 Å². The molecule has 4 nitrogen and oxygen atoms in total. The Kier molecular flexibility index (Phi) is 6.90. The highest BCUT2D eigenvalue weighted by Gasteiger charge is 2.15. The van der Waals surface area contributed by atoms with Crippen LogP contribution in [0.2, 0.25) is 0 Å². The number of carbonyl (C=O) groups is 1. The third kappa shape index (κ3) is 6.22. The second kappa shape index (κ2) is 8.92. The summed E-state index contributed by atoms with van der Waals surface area (Å²) in [5, 5.41) is 5.89. The predicted molar refractivity (Wildman–Crippen MR) is 97.0 cm³/mol. The lowest BCUT2D eigenvalue weighted by Crippen LogP contribution is -2.35. The molecular formula is C19H31N3O. The van der Waals surface area contributed by atoms with Crippen LogP contribution in [-0.2, 0) is 0 Å². The van der Waals surface area contributed by atoms with E-state index in [2.05, 4.69) is 28.5 Å². The highest BCUT2D eigenvalue weighted by Crippen LogP contribution is 2.16. The number of nitrogens with one attached hydrogen (secondary N) is 2. The Morgan fingerprint density at radius 1 is 1.30 bits per heavy atom. The molecule has 0 aromatic heterocycles. The molecule has 1 fully saturated rings. The number of hydrogen-bond acceptors (Lipinski definition) is 2. The van der Waals surface area contributed by atoms with Gasteiger partial charge < -0.3 is 15.5 Å². The van der Waals surface area contributed by atoms with Crippen molar-refractivity contribution >= 4 is 11.7 Å². The van der Waals surface area contributed by atoms with Crippen LogP contribution in [0.1, 0.15) is 43.7 Å². The number of aryl methyl sites for hydroxylation is 2. The molecule has 1 heterocycles. The molecular weight excluding hydrogens is 286 g/mol. The predicted octanol–water partition coefficient (Wildman–Crippen LogP) is 3.94. The Hall–Kier alpha value is -1.55. The molecule has 0 bridgehead atoms. The Bertz CT molecular complexity index is 515. The van der Waals surface area contributed by atoms with Crippen molar-refractivity contribution in [1.82, 2.24) is 10.2 Å². The van der Waals surface area contributed by atoms with Crippen LogP contribution in [0, 0.1) is 19.8 Å². The standard InChI is InChI=1S/C19H31N3O/c1-15-8-9-17(3)18(13-15)21-19(23)20-10-4-5-11-22-12-6-7-16(2)14-22/h8-9,13,16H,4-7,10-12,14H2,1-3H3,(H2,20,21,23)/t16-/m0/s1. The van der Waals surface area contributed by atoms with Gasteiger partial charge in [0.1, 0.15) is 0 Å². The molecule has 23 heavy (non-hydrogen) atoms. The number of piperidine rings is 1. The van der Waals surface area contributed by atoms with E-state index in [1.807, 2.05) is 26.0 Å². The highest BCUT2D eigenvalue weighted by molar-refractivity contribution is 5.90. The first kappa shape index (κ1) is 17.8. The number of rotatable bonds is 6. The number of nitrogens with zero attached hydrogens (tertiary/aromatic N) is 1. The minimum Gasteiger partial charge on any atom is -0.338 e. The van der Waals surface area contributed by atoms with Crippen LogP contribution in [0.5, 0.6) is 0 Å². The number of unbranched alkanes of at least 4 members (excludes halogenated alkanes) is 1. The smallest absolute Gasteiger partial charge is 0.319 e. The lowest BCUT2D eigenvalue weighted by atomic mass is 10.0. The van der Waals surface area contributed by atoms with E-state index >= 15 is 0 Å². The second-order valence-corrected chi connectivity index (χ2v) is 6.95. The fraction of sp³-hybridized carbons (Fsp3) is 0.632. The molecule has 0 radical (unpaired) electrons. The first-order valence-electron chi connectivity index (χ1n) is 8.89. The number of hydrogen-bond donors (Lipinski definition) is 2. The lowest BCUT2D eigenvalue weighted by molar-refractivity contribution is 0.181. The zero-order valence-electron chi connectivity index (χ0n) is 14.8. The zero-order chi connectivity index (χ0) is 16.7. The summed E-state index contributed by atoms with van der Waals surface area (Å²) in [7, 11) is 0. The van der Waals surface area contributed by atoms with Gasteiger partial charge in [-0.3, -0.25) is 0 Å². The van der Waals surface area contributed by atoms with E-state index < -0.39 is 0 Å². The minimum absolute atomic E-state index is 0.106. The van der Waals surface area contributed by atoms with Crippen LogP contribution in [-0.4, -0.2) is 37.1 Å². The fourth-order valence-electron chi connectivity index (χ4n) is 3.19. The molecule has 0 unspecified atom stereocenters. The van der Waals surface area contributed by atoms with E-state index in [1.54, 1.807) is 0 Å². The number of carbonyl (C=O) groups excluding carboxylic acids is 1. The molecule has 1 aromatic carbocycles. The number of anilines is 1. The Morgan fingerprint density at radius 3 is 2.91 bits per heavy atom. The molecule has 1 atom stereocenters. The maximum atomic E-state index is 12.0. The summed E-state index contributed by atoms with van der Waals surface area (Å²) in [6.07, 6.45) is 4.88. The van der Waals surface area contributed by atoms with Crippen molar-refractivity contribution in [3.05, 3.63) is 29.3 Å². The van der Waals surface area contributed by atoms with Gasteiger partial charge in [-0.05, 0) is 75.7 Å². The number of urea groups is 1. The average molecular weight is 317 g/mol. The van der Waals surface area contributed by atoms with Crippen LogP contribution in [0.3, 0.4) is 0 Å². The average Bonchev–Trinajstić information content (AvgIpc) is 2.51. The lowest BCUT2D eigenvalue weighted by Gasteiger charge is -2.30. The van der Waals surface area contributed by atoms with Gasteiger partial charge in [0.15, 0.2) is 0 Å². The van der Waals surface area contributed by atoms with Crippen LogP contribution in [0.15, 0.2) is 18.2 Å². The summed E-state index contributed by atoms with van der Waals surface area (Å²) in [5.74, 6) is 0.838. The van der Waals surface area contributed by atoms with Crippen LogP contribution in [0.25, 0.3) is 0 Å². The zero-order valence-corrected chi connectivity index (χ0v) is 14.8. The van der Waals surface area contributed by atoms with E-state index in [4.69, 9.17) is 0 Å². The third-order valence-electron chi connectivity index (χ3n) is 4.57. The SMILES string of the molecule is Cc1ccc(C)c(NC(=O)NCCCCN2CCC[C@H](C)C2)c1. The summed E-state index contributed by atoms with van der Waals surface area (Å²) < 4.78 is 0. The molecule has 4 heteroatoms. The summed E-state index contributed by atoms with van der Waals surface area (Å²) in [6.45, 7) is 10.8. The van der Waals surface area contributed by atoms with Crippen molar-refractivity contribution in [2.24, 2.45) is 5.92 Å². The quantitative estimate of drug-likeness (QED) is 0.781. The molecule has 1 aromatic rings. The molecule has 2 amide bonds. The Morgan fingerprint density at radius 2 is 2.13 bits per heavy atom. The van der Waals surface area contributed by atoms with E-state index in [-0.39, 0.29) is 6.03 Å². The monoisotopic (exact) mass is 317 g/mol. The molecule has 2 N–H and O–H groups in total. The number of likely N-dealkylation sites (tertiary alicyclic amines) is 1. The van der Waals surface area contributed by atoms with Gasteiger partial charge >= 0.3 is 6.03 Å². The van der Waals surface area contributed by atoms with E-state index in [0.717, 1.165) is 48.7 Å². The van der Waals surface area contributed by atoms with Gasteiger partial charge in [-0.2, -0.15) is 0 Å². The summed E-state index contributed by atoms with van der Waals surface area (Å²) in [6, 6.07) is 5.99. The topological polar surface area (TPSA) is 44.4 Å². The van der Waals surface area contributed by atoms with Crippen molar-refractivity contribution in [1.29, 1.82) is 0 Å². The maximum Gasteiger partial charge on any atom is 0.319 e. The molecule has 128 valence electrons. The van der Waals surface area contributed by atoms with Gasteiger partial charge in [-0.25, -0.2) is 4.79 Å². The van der Waals surface area contributed by atoms with Gasteiger partial charge in [0.05, 0.1) is 0 Å². The summed E-state index contributed by atoms with van der Waals surface area (Å²) in [5.41, 5.74) is 3.14. The van der Waals surface area contributed by atoms with Crippen molar-refractivity contribution in [3.63, 3.8) is 0 Å². The second-order valence-electron chi connectivity index (χ2n) is 6.95. The molecule has 1 aliphatic heterocycles. The molecule has 0 spiro atoms. The normalized spacial score (nSPS) is 18.7. The molecule has 1 saturated heterocycles. The molecule has 0 saturated carbocycles. The molecule has 0 aliphatic carbocycles. The van der Waals surface area contributed by atoms with Crippen molar-refractivity contribution in [2.45, 2.75) is 46.5 Å². The minimum atomic E-state index is -0.106. The van der Waals surface area contributed by atoms with E-state index in [9.17, 15) is 4.79 Å². The summed E-state index contributed by atoms with van der Waals surface area (Å²) >= 11 is 0. The van der Waals surface area contributed by atoms with Crippen LogP contribution >= 0.6 is 0 Å². The molecule has 1 aliphatic rings. The van der Waals surface area contributed by atoms with Gasteiger partial charge in [-0.15, -0.1) is 0 Å². The maximum absolute atomic E-state index is 12.0. The van der Waals surface area contributed by atoms with Crippen molar-refractivity contribution in [3.8, 4) is 0 Å². The van der Waals surface area contributed by atoms with E-state index in [0.29, 0.717) is 0 Å². The highest BCUT2D eigenvalue weighted by atomic mass is 16.2. The van der Waals surface area contributed by atoms with Crippen molar-refractivity contribution in [2.75, 3.05) is 31.5 Å². The van der Waals surface area contributed by atoms with Crippen molar-refractivity contribution < 1.29 is 4.79 Å². The van der Waals surface area contributed by atoms with Crippen LogP contribution < -0.4 is 10.6 Å². The molecule has 2 rings (SSSR count). The van der Waals surface area contributed by atoms with Gasteiger partial charge in [0, 0.05) is 18.8 Å². The fourth-order valence-corrected chi connectivity index (χ4v) is 3.19. The van der Waals surface area contributed by atoms with Gasteiger partial charge in [0.25, 0.3) is 0 Å². The first-order valence-corrected chi connectivity index (χ1v) is 8.89. The van der Waals surface area contributed by atoms with Gasteiger partial charge in [0.2, 0.25) is 0 Å². The largest absolute Gasteiger partial charge is 0.338 e. The first-order chi connectivity index (χ1) is 11.0.